The Morgan fingerprint density at radius 3 is 2.75 bits per heavy atom. The number of aliphatic imine (C=N–C) groups is 1. The van der Waals surface area contributed by atoms with E-state index in [9.17, 15) is 0 Å². The summed E-state index contributed by atoms with van der Waals surface area (Å²) in [5.74, 6) is 1.67. The van der Waals surface area contributed by atoms with Crippen LogP contribution in [0.2, 0.25) is 0 Å². The molecule has 0 amide bonds. The van der Waals surface area contributed by atoms with Crippen molar-refractivity contribution in [2.24, 2.45) is 4.99 Å². The fraction of sp³-hybridized carbons (Fsp3) is 0.611. The van der Waals surface area contributed by atoms with Crippen molar-refractivity contribution in [1.82, 2.24) is 10.6 Å². The maximum absolute atomic E-state index is 5.72. The Labute approximate surface area is 145 Å². The molecule has 0 aliphatic heterocycles. The quantitative estimate of drug-likeness (QED) is 0.348. The fourth-order valence-electron chi connectivity index (χ4n) is 2.07. The van der Waals surface area contributed by atoms with Crippen LogP contribution in [0, 0.1) is 0 Å². The summed E-state index contributed by atoms with van der Waals surface area (Å²) in [5.41, 5.74) is 1.15. The first-order valence-electron chi connectivity index (χ1n) is 8.53. The standard InChI is InChI=1S/C18H31N3O3/c1-4-23-12-6-10-20-18(19-2)21-15-16-8-5-9-17(14-16)24-13-7-11-22-3/h5,8-9,14H,4,6-7,10-13,15H2,1-3H3,(H2,19,20,21). The van der Waals surface area contributed by atoms with Crippen LogP contribution in [0.25, 0.3) is 0 Å². The first-order chi connectivity index (χ1) is 11.8. The molecule has 0 radical (unpaired) electrons. The number of ether oxygens (including phenoxy) is 3. The highest BCUT2D eigenvalue weighted by atomic mass is 16.5. The maximum atomic E-state index is 5.72. The first-order valence-corrected chi connectivity index (χ1v) is 8.53. The number of methoxy groups -OCH3 is 1. The zero-order valence-electron chi connectivity index (χ0n) is 15.1. The summed E-state index contributed by atoms with van der Waals surface area (Å²) >= 11 is 0. The van der Waals surface area contributed by atoms with Gasteiger partial charge in [0.05, 0.1) is 6.61 Å². The highest BCUT2D eigenvalue weighted by Crippen LogP contribution is 2.13. The van der Waals surface area contributed by atoms with E-state index in [0.717, 1.165) is 49.9 Å². The molecule has 136 valence electrons. The third-order valence-corrected chi connectivity index (χ3v) is 3.31. The van der Waals surface area contributed by atoms with Gasteiger partial charge in [0.25, 0.3) is 0 Å². The SMILES string of the molecule is CCOCCCNC(=NC)NCc1cccc(OCCCOC)c1. The molecule has 0 aromatic heterocycles. The number of rotatable bonds is 12. The van der Waals surface area contributed by atoms with E-state index >= 15 is 0 Å². The van der Waals surface area contributed by atoms with Crippen LogP contribution < -0.4 is 15.4 Å². The predicted octanol–water partition coefficient (Wildman–Crippen LogP) is 2.19. The van der Waals surface area contributed by atoms with Gasteiger partial charge in [-0.15, -0.1) is 0 Å². The number of nitrogens with one attached hydrogen (secondary N) is 2. The van der Waals surface area contributed by atoms with E-state index in [1.54, 1.807) is 14.2 Å². The summed E-state index contributed by atoms with van der Waals surface area (Å²) in [6, 6.07) is 8.08. The molecule has 0 atom stereocenters. The van der Waals surface area contributed by atoms with Gasteiger partial charge in [0.1, 0.15) is 5.75 Å². The van der Waals surface area contributed by atoms with E-state index in [4.69, 9.17) is 14.2 Å². The van der Waals surface area contributed by atoms with Crippen LogP contribution in [0.15, 0.2) is 29.3 Å². The molecule has 0 unspecified atom stereocenters. The number of benzene rings is 1. The molecule has 0 saturated carbocycles. The van der Waals surface area contributed by atoms with E-state index in [2.05, 4.69) is 21.7 Å². The lowest BCUT2D eigenvalue weighted by Gasteiger charge is -2.13. The zero-order chi connectivity index (χ0) is 17.5. The average Bonchev–Trinajstić information content (AvgIpc) is 2.61. The lowest BCUT2D eigenvalue weighted by Crippen LogP contribution is -2.37. The Bertz CT molecular complexity index is 467. The van der Waals surface area contributed by atoms with Gasteiger partial charge in [-0.2, -0.15) is 0 Å². The van der Waals surface area contributed by atoms with Gasteiger partial charge in [-0.1, -0.05) is 12.1 Å². The minimum atomic E-state index is 0.660. The second-order valence-corrected chi connectivity index (χ2v) is 5.25. The van der Waals surface area contributed by atoms with E-state index in [1.165, 1.54) is 0 Å². The van der Waals surface area contributed by atoms with Crippen molar-refractivity contribution >= 4 is 5.96 Å². The monoisotopic (exact) mass is 337 g/mol. The second-order valence-electron chi connectivity index (χ2n) is 5.25. The summed E-state index contributed by atoms with van der Waals surface area (Å²) in [6.07, 6.45) is 1.84. The Balaban J connectivity index is 2.31. The van der Waals surface area contributed by atoms with Crippen LogP contribution in [0.4, 0.5) is 0 Å². The van der Waals surface area contributed by atoms with Gasteiger partial charge >= 0.3 is 0 Å². The zero-order valence-corrected chi connectivity index (χ0v) is 15.1. The van der Waals surface area contributed by atoms with Crippen LogP contribution in [-0.2, 0) is 16.0 Å². The molecule has 6 nitrogen and oxygen atoms in total. The highest BCUT2D eigenvalue weighted by molar-refractivity contribution is 5.79. The van der Waals surface area contributed by atoms with E-state index < -0.39 is 0 Å². The molecule has 0 fully saturated rings. The van der Waals surface area contributed by atoms with Gasteiger partial charge in [-0.05, 0) is 31.0 Å². The van der Waals surface area contributed by atoms with Crippen molar-refractivity contribution in [3.05, 3.63) is 29.8 Å². The highest BCUT2D eigenvalue weighted by Gasteiger charge is 2.00. The van der Waals surface area contributed by atoms with Crippen molar-refractivity contribution in [2.45, 2.75) is 26.3 Å². The minimum absolute atomic E-state index is 0.660. The maximum Gasteiger partial charge on any atom is 0.191 e. The summed E-state index contributed by atoms with van der Waals surface area (Å²) < 4.78 is 16.1. The van der Waals surface area contributed by atoms with Crippen molar-refractivity contribution in [3.63, 3.8) is 0 Å². The van der Waals surface area contributed by atoms with Crippen LogP contribution in [0.3, 0.4) is 0 Å². The summed E-state index contributed by atoms with van der Waals surface area (Å²) in [5, 5.41) is 6.58. The van der Waals surface area contributed by atoms with E-state index in [0.29, 0.717) is 19.8 Å². The predicted molar refractivity (Wildman–Crippen MR) is 97.7 cm³/mol. The number of guanidine groups is 1. The second kappa shape index (κ2) is 13.6. The van der Waals surface area contributed by atoms with Crippen molar-refractivity contribution < 1.29 is 14.2 Å². The lowest BCUT2D eigenvalue weighted by molar-refractivity contribution is 0.145. The normalized spacial score (nSPS) is 11.4. The van der Waals surface area contributed by atoms with Gasteiger partial charge < -0.3 is 24.8 Å². The number of nitrogens with zero attached hydrogens (tertiary/aromatic N) is 1. The summed E-state index contributed by atoms with van der Waals surface area (Å²) in [7, 11) is 3.47. The molecule has 0 bridgehead atoms. The Morgan fingerprint density at radius 1 is 1.12 bits per heavy atom. The minimum Gasteiger partial charge on any atom is -0.493 e. The molecule has 2 N–H and O–H groups in total. The van der Waals surface area contributed by atoms with Gasteiger partial charge in [-0.3, -0.25) is 4.99 Å². The summed E-state index contributed by atoms with van der Waals surface area (Å²) in [6.45, 7) is 6.44. The molecule has 24 heavy (non-hydrogen) atoms. The molecule has 0 aliphatic rings. The molecular weight excluding hydrogens is 306 g/mol. The van der Waals surface area contributed by atoms with E-state index in [-0.39, 0.29) is 0 Å². The van der Waals surface area contributed by atoms with Gasteiger partial charge in [0, 0.05) is 53.5 Å². The molecule has 0 spiro atoms. The van der Waals surface area contributed by atoms with Crippen molar-refractivity contribution in [1.29, 1.82) is 0 Å². The Hall–Kier alpha value is -1.79. The first kappa shape index (κ1) is 20.3. The van der Waals surface area contributed by atoms with Gasteiger partial charge in [-0.25, -0.2) is 0 Å². The van der Waals surface area contributed by atoms with Crippen LogP contribution >= 0.6 is 0 Å². The van der Waals surface area contributed by atoms with Crippen molar-refractivity contribution in [3.8, 4) is 5.75 Å². The average molecular weight is 337 g/mol. The molecule has 0 aliphatic carbocycles. The number of hydrogen-bond acceptors (Lipinski definition) is 4. The smallest absolute Gasteiger partial charge is 0.191 e. The topological polar surface area (TPSA) is 64.1 Å². The molecule has 0 saturated heterocycles. The molecule has 1 aromatic rings. The van der Waals surface area contributed by atoms with Crippen LogP contribution in [0.5, 0.6) is 5.75 Å². The summed E-state index contributed by atoms with van der Waals surface area (Å²) in [4.78, 5) is 4.22. The molecular formula is C18H31N3O3. The fourth-order valence-corrected chi connectivity index (χ4v) is 2.07. The third kappa shape index (κ3) is 9.37. The van der Waals surface area contributed by atoms with Crippen LogP contribution in [0.1, 0.15) is 25.3 Å². The Kier molecular flexibility index (Phi) is 11.5. The molecule has 1 aromatic carbocycles. The Morgan fingerprint density at radius 2 is 2.00 bits per heavy atom. The lowest BCUT2D eigenvalue weighted by atomic mass is 10.2. The van der Waals surface area contributed by atoms with Gasteiger partial charge in [0.2, 0.25) is 0 Å². The van der Waals surface area contributed by atoms with Gasteiger partial charge in [0.15, 0.2) is 5.96 Å². The molecule has 6 heteroatoms. The third-order valence-electron chi connectivity index (χ3n) is 3.31. The van der Waals surface area contributed by atoms with Crippen LogP contribution in [-0.4, -0.2) is 53.1 Å². The largest absolute Gasteiger partial charge is 0.493 e. The molecule has 1 rings (SSSR count). The number of hydrogen-bond donors (Lipinski definition) is 2. The molecule has 0 heterocycles. The van der Waals surface area contributed by atoms with Crippen molar-refractivity contribution in [2.75, 3.05) is 47.1 Å². The van der Waals surface area contributed by atoms with E-state index in [1.807, 2.05) is 25.1 Å².